The summed E-state index contributed by atoms with van der Waals surface area (Å²) in [5, 5.41) is 0. The smallest absolute Gasteiger partial charge is 0.294 e. The van der Waals surface area contributed by atoms with Gasteiger partial charge in [-0.2, -0.15) is 0 Å². The second-order valence-corrected chi connectivity index (χ2v) is 4.60. The van der Waals surface area contributed by atoms with Gasteiger partial charge in [0.1, 0.15) is 0 Å². The van der Waals surface area contributed by atoms with Gasteiger partial charge in [-0.05, 0) is 11.1 Å². The summed E-state index contributed by atoms with van der Waals surface area (Å²) < 4.78 is 0. The van der Waals surface area contributed by atoms with Crippen molar-refractivity contribution in [2.45, 2.75) is 13.0 Å². The van der Waals surface area contributed by atoms with Crippen LogP contribution in [-0.2, 0) is 27.3 Å². The highest BCUT2D eigenvalue weighted by Crippen LogP contribution is 2.15. The van der Waals surface area contributed by atoms with Gasteiger partial charge in [0.25, 0.3) is 0 Å². The molecule has 5 amide bonds. The van der Waals surface area contributed by atoms with Crippen LogP contribution >= 0.6 is 0 Å². The summed E-state index contributed by atoms with van der Waals surface area (Å²) in [5.74, 6) is 3.00. The second kappa shape index (κ2) is 5.71. The molecular formula is C13H14N4O4. The lowest BCUT2D eigenvalue weighted by molar-refractivity contribution is -0.143. The lowest BCUT2D eigenvalue weighted by atomic mass is 10.1. The zero-order chi connectivity index (χ0) is 15.6. The topological polar surface area (TPSA) is 113 Å². The van der Waals surface area contributed by atoms with E-state index in [1.54, 1.807) is 24.3 Å². The minimum absolute atomic E-state index is 0.0110. The Morgan fingerprint density at radius 2 is 1.67 bits per heavy atom. The van der Waals surface area contributed by atoms with Gasteiger partial charge in [-0.3, -0.25) is 29.6 Å². The van der Waals surface area contributed by atoms with Crippen molar-refractivity contribution in [3.05, 3.63) is 35.4 Å². The van der Waals surface area contributed by atoms with Crippen molar-refractivity contribution in [3.8, 4) is 0 Å². The number of hydrazine groups is 1. The molecule has 2 rings (SSSR count). The van der Waals surface area contributed by atoms with Gasteiger partial charge in [0.15, 0.2) is 0 Å². The van der Waals surface area contributed by atoms with Crippen molar-refractivity contribution in [3.63, 3.8) is 0 Å². The van der Waals surface area contributed by atoms with Crippen molar-refractivity contribution in [2.24, 2.45) is 5.84 Å². The molecule has 0 atom stereocenters. The first-order valence-corrected chi connectivity index (χ1v) is 6.15. The molecule has 1 aromatic rings. The van der Waals surface area contributed by atoms with Crippen molar-refractivity contribution in [1.82, 2.24) is 15.2 Å². The van der Waals surface area contributed by atoms with E-state index >= 15 is 0 Å². The first-order valence-electron chi connectivity index (χ1n) is 6.15. The molecule has 3 N–H and O–H groups in total. The number of nitrogens with two attached hydrogens (primary N) is 1. The number of imide groups is 2. The minimum atomic E-state index is -0.839. The second-order valence-electron chi connectivity index (χ2n) is 4.60. The highest BCUT2D eigenvalue weighted by Gasteiger charge is 2.41. The Hall–Kier alpha value is -2.74. The molecule has 1 saturated heterocycles. The molecule has 1 aliphatic rings. The Balaban J connectivity index is 2.07. The number of nitrogens with zero attached hydrogens (tertiary/aromatic N) is 2. The summed E-state index contributed by atoms with van der Waals surface area (Å²) >= 11 is 0. The van der Waals surface area contributed by atoms with E-state index in [1.807, 2.05) is 5.43 Å². The molecule has 1 aliphatic heterocycles. The molecular weight excluding hydrogens is 276 g/mol. The summed E-state index contributed by atoms with van der Waals surface area (Å²) in [6.07, 6.45) is 0.138. The Bertz CT molecular complexity index is 611. The zero-order valence-electron chi connectivity index (χ0n) is 11.3. The maximum atomic E-state index is 11.7. The van der Waals surface area contributed by atoms with E-state index in [-0.39, 0.29) is 18.9 Å². The largest absolute Gasteiger partial charge is 0.334 e. The number of carbonyl (C=O) groups is 4. The predicted molar refractivity (Wildman–Crippen MR) is 71.2 cm³/mol. The number of benzene rings is 1. The zero-order valence-corrected chi connectivity index (χ0v) is 11.3. The van der Waals surface area contributed by atoms with Crippen molar-refractivity contribution >= 4 is 23.8 Å². The summed E-state index contributed by atoms with van der Waals surface area (Å²) in [4.78, 5) is 47.5. The molecule has 1 heterocycles. The fourth-order valence-electron chi connectivity index (χ4n) is 1.93. The van der Waals surface area contributed by atoms with Crippen LogP contribution in [0, 0.1) is 0 Å². The number of amides is 5. The molecule has 0 saturated carbocycles. The number of likely N-dealkylation sites (N-methyl/N-ethyl adjacent to an activating group) is 1. The van der Waals surface area contributed by atoms with Gasteiger partial charge in [0.05, 0.1) is 13.0 Å². The van der Waals surface area contributed by atoms with Crippen LogP contribution < -0.4 is 11.3 Å². The molecule has 110 valence electrons. The Morgan fingerprint density at radius 1 is 1.10 bits per heavy atom. The van der Waals surface area contributed by atoms with Crippen LogP contribution in [0.4, 0.5) is 4.79 Å². The molecule has 8 heteroatoms. The summed E-state index contributed by atoms with van der Waals surface area (Å²) in [7, 11) is 1.26. The molecule has 21 heavy (non-hydrogen) atoms. The first kappa shape index (κ1) is 14.7. The van der Waals surface area contributed by atoms with E-state index in [9.17, 15) is 19.2 Å². The van der Waals surface area contributed by atoms with E-state index in [4.69, 9.17) is 5.84 Å². The average molecular weight is 290 g/mol. The quantitative estimate of drug-likeness (QED) is 0.246. The molecule has 0 unspecified atom stereocenters. The van der Waals surface area contributed by atoms with Crippen LogP contribution in [0.15, 0.2) is 24.3 Å². The molecule has 1 fully saturated rings. The van der Waals surface area contributed by atoms with Gasteiger partial charge in [-0.1, -0.05) is 24.3 Å². The monoisotopic (exact) mass is 290 g/mol. The molecule has 0 aliphatic carbocycles. The molecule has 0 spiro atoms. The molecule has 1 aromatic carbocycles. The van der Waals surface area contributed by atoms with Gasteiger partial charge >= 0.3 is 17.8 Å². The van der Waals surface area contributed by atoms with Crippen LogP contribution in [0.2, 0.25) is 0 Å². The number of hydrogen-bond acceptors (Lipinski definition) is 5. The van der Waals surface area contributed by atoms with Gasteiger partial charge in [0.2, 0.25) is 5.91 Å². The van der Waals surface area contributed by atoms with Gasteiger partial charge < -0.3 is 0 Å². The van der Waals surface area contributed by atoms with Crippen LogP contribution in [0.25, 0.3) is 0 Å². The average Bonchev–Trinajstić information content (AvgIpc) is 2.67. The maximum absolute atomic E-state index is 11.7. The first-order chi connectivity index (χ1) is 9.93. The number of hydrogen-bond donors (Lipinski definition) is 2. The van der Waals surface area contributed by atoms with Gasteiger partial charge in [-0.25, -0.2) is 10.6 Å². The molecule has 8 nitrogen and oxygen atoms in total. The lowest BCUT2D eigenvalue weighted by Crippen LogP contribution is -2.31. The number of urea groups is 1. The highest BCUT2D eigenvalue weighted by molar-refractivity contribution is 6.44. The van der Waals surface area contributed by atoms with Crippen LogP contribution in [-0.4, -0.2) is 40.6 Å². The van der Waals surface area contributed by atoms with E-state index in [0.717, 1.165) is 15.4 Å². The summed E-state index contributed by atoms with van der Waals surface area (Å²) in [6, 6.07) is 6.12. The van der Waals surface area contributed by atoms with E-state index in [2.05, 4.69) is 0 Å². The molecule has 0 radical (unpaired) electrons. The Morgan fingerprint density at radius 3 is 2.14 bits per heavy atom. The normalized spacial score (nSPS) is 14.9. The third-order valence-corrected chi connectivity index (χ3v) is 3.14. The highest BCUT2D eigenvalue weighted by atomic mass is 16.2. The number of carbonyl (C=O) groups excluding carboxylic acids is 4. The third-order valence-electron chi connectivity index (χ3n) is 3.14. The predicted octanol–water partition coefficient (Wildman–Crippen LogP) is -0.860. The number of rotatable bonds is 4. The van der Waals surface area contributed by atoms with Crippen molar-refractivity contribution in [1.29, 1.82) is 0 Å². The van der Waals surface area contributed by atoms with E-state index < -0.39 is 17.8 Å². The number of nitrogens with one attached hydrogen (secondary N) is 1. The summed E-state index contributed by atoms with van der Waals surface area (Å²) in [5.41, 5.74) is 3.45. The van der Waals surface area contributed by atoms with E-state index in [1.165, 1.54) is 7.05 Å². The van der Waals surface area contributed by atoms with E-state index in [0.29, 0.717) is 5.56 Å². The SMILES string of the molecule is CN1C(=O)C(=O)N(Cc2ccc(CC(=O)NN)cc2)C1=O. The van der Waals surface area contributed by atoms with Crippen molar-refractivity contribution < 1.29 is 19.2 Å². The van der Waals surface area contributed by atoms with Gasteiger partial charge in [0, 0.05) is 7.05 Å². The fourth-order valence-corrected chi connectivity index (χ4v) is 1.93. The van der Waals surface area contributed by atoms with Gasteiger partial charge in [-0.15, -0.1) is 0 Å². The lowest BCUT2D eigenvalue weighted by Gasteiger charge is -2.13. The maximum Gasteiger partial charge on any atom is 0.334 e. The standard InChI is InChI=1S/C13H14N4O4/c1-16-11(19)12(20)17(13(16)21)7-9-4-2-8(3-5-9)6-10(18)15-14/h2-5H,6-7,14H2,1H3,(H,15,18). The third kappa shape index (κ3) is 2.90. The van der Waals surface area contributed by atoms with Crippen LogP contribution in [0.1, 0.15) is 11.1 Å². The Kier molecular flexibility index (Phi) is 3.99. The van der Waals surface area contributed by atoms with Crippen molar-refractivity contribution in [2.75, 3.05) is 7.05 Å². The van der Waals surface area contributed by atoms with Crippen LogP contribution in [0.5, 0.6) is 0 Å². The van der Waals surface area contributed by atoms with Crippen LogP contribution in [0.3, 0.4) is 0 Å². The fraction of sp³-hybridized carbons (Fsp3) is 0.231. The Labute approximate surface area is 120 Å². The minimum Gasteiger partial charge on any atom is -0.294 e. The summed E-state index contributed by atoms with van der Waals surface area (Å²) in [6.45, 7) is 0.0110. The molecule has 0 aromatic heterocycles. The molecule has 0 bridgehead atoms.